The number of rotatable bonds is 6. The molecule has 0 aromatic heterocycles. The van der Waals surface area contributed by atoms with Gasteiger partial charge in [-0.3, -0.25) is 4.90 Å². The fraction of sp³-hybridized carbons (Fsp3) is 0.533. The van der Waals surface area contributed by atoms with Crippen LogP contribution in [0.1, 0.15) is 31.7 Å². The van der Waals surface area contributed by atoms with Crippen molar-refractivity contribution in [1.82, 2.24) is 4.90 Å². The lowest BCUT2D eigenvalue weighted by Crippen LogP contribution is -2.35. The van der Waals surface area contributed by atoms with Crippen molar-refractivity contribution in [3.8, 4) is 6.07 Å². The molecule has 0 spiro atoms. The summed E-state index contributed by atoms with van der Waals surface area (Å²) < 4.78 is 13.8. The standard InChI is InChI=1S/C15H18ClFN2/c1-11(12-6-7-12)19(9-3-8-18)10-13-14(16)4-2-5-15(13)17/h2,4-5,11-12H,3,6-7,9-10H2,1H3. The molecule has 19 heavy (non-hydrogen) atoms. The summed E-state index contributed by atoms with van der Waals surface area (Å²) in [6.45, 7) is 3.30. The van der Waals surface area contributed by atoms with Crippen molar-refractivity contribution in [2.75, 3.05) is 6.54 Å². The van der Waals surface area contributed by atoms with Crippen LogP contribution in [-0.4, -0.2) is 17.5 Å². The predicted octanol–water partition coefficient (Wildman–Crippen LogP) is 3.99. The van der Waals surface area contributed by atoms with Crippen molar-refractivity contribution in [2.45, 2.75) is 38.8 Å². The monoisotopic (exact) mass is 280 g/mol. The SMILES string of the molecule is CC(C1CC1)N(CCC#N)Cc1c(F)cccc1Cl. The van der Waals surface area contributed by atoms with Gasteiger partial charge in [0.1, 0.15) is 5.82 Å². The Bertz CT molecular complexity index is 459. The van der Waals surface area contributed by atoms with Crippen LogP contribution in [0.3, 0.4) is 0 Å². The van der Waals surface area contributed by atoms with Gasteiger partial charge in [0, 0.05) is 36.1 Å². The fourth-order valence-electron chi connectivity index (χ4n) is 2.38. The zero-order valence-electron chi connectivity index (χ0n) is 11.1. The topological polar surface area (TPSA) is 27.0 Å². The van der Waals surface area contributed by atoms with E-state index >= 15 is 0 Å². The van der Waals surface area contributed by atoms with Crippen LogP contribution < -0.4 is 0 Å². The van der Waals surface area contributed by atoms with Crippen LogP contribution in [0.15, 0.2) is 18.2 Å². The van der Waals surface area contributed by atoms with Crippen LogP contribution in [0.25, 0.3) is 0 Å². The number of halogens is 2. The van der Waals surface area contributed by atoms with E-state index in [0.29, 0.717) is 42.1 Å². The third-order valence-electron chi connectivity index (χ3n) is 3.81. The summed E-state index contributed by atoms with van der Waals surface area (Å²) in [4.78, 5) is 2.17. The molecule has 102 valence electrons. The smallest absolute Gasteiger partial charge is 0.129 e. The van der Waals surface area contributed by atoms with Gasteiger partial charge in [0.05, 0.1) is 6.07 Å². The van der Waals surface area contributed by atoms with Crippen LogP contribution in [-0.2, 0) is 6.54 Å². The summed E-state index contributed by atoms with van der Waals surface area (Å²) in [5.74, 6) is 0.418. The second kappa shape index (κ2) is 6.36. The highest BCUT2D eigenvalue weighted by Crippen LogP contribution is 2.36. The molecule has 0 bridgehead atoms. The molecule has 0 saturated heterocycles. The second-order valence-corrected chi connectivity index (χ2v) is 5.56. The van der Waals surface area contributed by atoms with E-state index in [4.69, 9.17) is 16.9 Å². The molecule has 0 heterocycles. The van der Waals surface area contributed by atoms with Gasteiger partial charge in [-0.2, -0.15) is 5.26 Å². The molecule has 1 aliphatic rings. The van der Waals surface area contributed by atoms with Gasteiger partial charge < -0.3 is 0 Å². The fourth-order valence-corrected chi connectivity index (χ4v) is 2.61. The Kier molecular flexibility index (Phi) is 4.79. The van der Waals surface area contributed by atoms with Gasteiger partial charge in [0.15, 0.2) is 0 Å². The van der Waals surface area contributed by atoms with E-state index in [1.54, 1.807) is 12.1 Å². The molecule has 1 unspecified atom stereocenters. The third-order valence-corrected chi connectivity index (χ3v) is 4.17. The first-order valence-electron chi connectivity index (χ1n) is 6.67. The van der Waals surface area contributed by atoms with Crippen LogP contribution >= 0.6 is 11.6 Å². The van der Waals surface area contributed by atoms with Crippen molar-refractivity contribution in [3.05, 3.63) is 34.6 Å². The zero-order chi connectivity index (χ0) is 13.8. The summed E-state index contributed by atoms with van der Waals surface area (Å²) in [6.07, 6.45) is 2.92. The van der Waals surface area contributed by atoms with Crippen LogP contribution in [0, 0.1) is 23.1 Å². The molecular formula is C15H18ClFN2. The first kappa shape index (κ1) is 14.3. The highest BCUT2D eigenvalue weighted by molar-refractivity contribution is 6.31. The molecule has 0 aliphatic heterocycles. The normalized spacial score (nSPS) is 16.4. The molecule has 1 aromatic rings. The summed E-state index contributed by atoms with van der Waals surface area (Å²) >= 11 is 6.08. The quantitative estimate of drug-likeness (QED) is 0.788. The van der Waals surface area contributed by atoms with Gasteiger partial charge >= 0.3 is 0 Å². The zero-order valence-corrected chi connectivity index (χ0v) is 11.8. The van der Waals surface area contributed by atoms with E-state index in [1.165, 1.54) is 18.9 Å². The maximum absolute atomic E-state index is 13.8. The first-order chi connectivity index (χ1) is 9.13. The lowest BCUT2D eigenvalue weighted by molar-refractivity contribution is 0.183. The van der Waals surface area contributed by atoms with Gasteiger partial charge in [-0.05, 0) is 37.8 Å². The molecule has 4 heteroatoms. The van der Waals surface area contributed by atoms with Crippen molar-refractivity contribution in [2.24, 2.45) is 5.92 Å². The molecule has 1 fully saturated rings. The maximum Gasteiger partial charge on any atom is 0.129 e. The molecule has 1 atom stereocenters. The van der Waals surface area contributed by atoms with Crippen LogP contribution in [0.2, 0.25) is 5.02 Å². The number of hydrogen-bond acceptors (Lipinski definition) is 2. The van der Waals surface area contributed by atoms with Crippen molar-refractivity contribution in [3.63, 3.8) is 0 Å². The van der Waals surface area contributed by atoms with Crippen molar-refractivity contribution in [1.29, 1.82) is 5.26 Å². The highest BCUT2D eigenvalue weighted by Gasteiger charge is 2.32. The summed E-state index contributed by atoms with van der Waals surface area (Å²) in [5, 5.41) is 9.21. The maximum atomic E-state index is 13.8. The largest absolute Gasteiger partial charge is 0.295 e. The molecule has 2 rings (SSSR count). The Balaban J connectivity index is 2.12. The van der Waals surface area contributed by atoms with Crippen LogP contribution in [0.4, 0.5) is 4.39 Å². The Morgan fingerprint density at radius 3 is 2.84 bits per heavy atom. The molecule has 0 N–H and O–H groups in total. The third kappa shape index (κ3) is 3.68. The Morgan fingerprint density at radius 1 is 1.53 bits per heavy atom. The van der Waals surface area contributed by atoms with Gasteiger partial charge in [0.2, 0.25) is 0 Å². The van der Waals surface area contributed by atoms with Gasteiger partial charge in [-0.25, -0.2) is 4.39 Å². The van der Waals surface area contributed by atoms with E-state index in [9.17, 15) is 4.39 Å². The summed E-state index contributed by atoms with van der Waals surface area (Å²) in [6, 6.07) is 7.30. The minimum absolute atomic E-state index is 0.266. The number of benzene rings is 1. The van der Waals surface area contributed by atoms with E-state index < -0.39 is 0 Å². The number of nitrogens with zero attached hydrogens (tertiary/aromatic N) is 2. The lowest BCUT2D eigenvalue weighted by Gasteiger charge is -2.29. The van der Waals surface area contributed by atoms with E-state index in [-0.39, 0.29) is 5.82 Å². The van der Waals surface area contributed by atoms with E-state index in [0.717, 1.165) is 0 Å². The second-order valence-electron chi connectivity index (χ2n) is 5.16. The Labute approximate surface area is 118 Å². The Hall–Kier alpha value is -1.11. The summed E-state index contributed by atoms with van der Waals surface area (Å²) in [7, 11) is 0. The predicted molar refractivity (Wildman–Crippen MR) is 74.2 cm³/mol. The van der Waals surface area contributed by atoms with E-state index in [1.807, 2.05) is 0 Å². The van der Waals surface area contributed by atoms with Gasteiger partial charge in [-0.1, -0.05) is 17.7 Å². The molecule has 0 amide bonds. The number of nitriles is 1. The average Bonchev–Trinajstić information content (AvgIpc) is 3.21. The molecule has 1 saturated carbocycles. The number of hydrogen-bond donors (Lipinski definition) is 0. The van der Waals surface area contributed by atoms with Gasteiger partial charge in [0.25, 0.3) is 0 Å². The average molecular weight is 281 g/mol. The first-order valence-corrected chi connectivity index (χ1v) is 7.05. The van der Waals surface area contributed by atoms with Crippen molar-refractivity contribution < 1.29 is 4.39 Å². The molecule has 1 aromatic carbocycles. The highest BCUT2D eigenvalue weighted by atomic mass is 35.5. The van der Waals surface area contributed by atoms with E-state index in [2.05, 4.69) is 17.9 Å². The Morgan fingerprint density at radius 2 is 2.26 bits per heavy atom. The minimum Gasteiger partial charge on any atom is -0.295 e. The summed E-state index contributed by atoms with van der Waals surface area (Å²) in [5.41, 5.74) is 0.537. The molecular weight excluding hydrogens is 263 g/mol. The minimum atomic E-state index is -0.266. The van der Waals surface area contributed by atoms with Gasteiger partial charge in [-0.15, -0.1) is 0 Å². The van der Waals surface area contributed by atoms with Crippen LogP contribution in [0.5, 0.6) is 0 Å². The molecule has 2 nitrogen and oxygen atoms in total. The molecule has 0 radical (unpaired) electrons. The lowest BCUT2D eigenvalue weighted by atomic mass is 10.1. The molecule has 1 aliphatic carbocycles. The van der Waals surface area contributed by atoms with Crippen molar-refractivity contribution >= 4 is 11.6 Å².